The van der Waals surface area contributed by atoms with E-state index in [0.717, 1.165) is 24.6 Å². The fraction of sp³-hybridized carbons (Fsp3) is 0.562. The number of aryl methyl sites for hydroxylation is 1. The zero-order valence-corrected chi connectivity index (χ0v) is 13.2. The molecule has 0 spiro atoms. The first-order valence-corrected chi connectivity index (χ1v) is 7.36. The fourth-order valence-electron chi connectivity index (χ4n) is 2.95. The molecule has 1 aliphatic heterocycles. The summed E-state index contributed by atoms with van der Waals surface area (Å²) in [7, 11) is 0. The van der Waals surface area contributed by atoms with E-state index in [1.807, 2.05) is 12.1 Å². The quantitative estimate of drug-likeness (QED) is 0.838. The van der Waals surface area contributed by atoms with Gasteiger partial charge < -0.3 is 10.6 Å². The second kappa shape index (κ2) is 5.12. The number of nitrogens with zero attached hydrogens (tertiary/aromatic N) is 1. The maximum Gasteiger partial charge on any atom is 0.106 e. The van der Waals surface area contributed by atoms with Gasteiger partial charge in [0.2, 0.25) is 0 Å². The van der Waals surface area contributed by atoms with Gasteiger partial charge in [0.05, 0.1) is 0 Å². The summed E-state index contributed by atoms with van der Waals surface area (Å²) >= 11 is 5.20. The highest BCUT2D eigenvalue weighted by molar-refractivity contribution is 7.80. The third kappa shape index (κ3) is 2.92. The molecule has 1 saturated heterocycles. The minimum absolute atomic E-state index is 0.362. The molecule has 0 aliphatic carbocycles. The van der Waals surface area contributed by atoms with Crippen LogP contribution in [0.5, 0.6) is 0 Å². The third-order valence-corrected chi connectivity index (χ3v) is 4.45. The fourth-order valence-corrected chi connectivity index (χ4v) is 3.11. The number of nitrogens with two attached hydrogens (primary N) is 1. The second-order valence-electron chi connectivity index (χ2n) is 6.63. The molecule has 1 heterocycles. The smallest absolute Gasteiger partial charge is 0.106 e. The van der Waals surface area contributed by atoms with Crippen LogP contribution in [0.25, 0.3) is 0 Å². The first-order valence-electron chi connectivity index (χ1n) is 6.95. The lowest BCUT2D eigenvalue weighted by Crippen LogP contribution is -2.28. The normalized spacial score (nSPS) is 19.8. The van der Waals surface area contributed by atoms with Crippen molar-refractivity contribution in [2.75, 3.05) is 18.0 Å². The van der Waals surface area contributed by atoms with Crippen molar-refractivity contribution in [1.29, 1.82) is 0 Å². The molecule has 3 heteroatoms. The van der Waals surface area contributed by atoms with Gasteiger partial charge in [0.15, 0.2) is 0 Å². The Morgan fingerprint density at radius 3 is 2.58 bits per heavy atom. The minimum atomic E-state index is 0.362. The first-order chi connectivity index (χ1) is 8.80. The standard InChI is InChI=1S/C16H24N2S/c1-11-6-5-7-13(15(17)19)14(11)18-9-8-12(10-18)16(2,3)4/h5-7,12H,8-10H2,1-4H3,(H2,17,19). The van der Waals surface area contributed by atoms with Gasteiger partial charge in [-0.05, 0) is 36.3 Å². The Balaban J connectivity index is 2.32. The average Bonchev–Trinajstić information content (AvgIpc) is 2.77. The Morgan fingerprint density at radius 2 is 2.05 bits per heavy atom. The van der Waals surface area contributed by atoms with Crippen LogP contribution in [0.3, 0.4) is 0 Å². The van der Waals surface area contributed by atoms with E-state index in [0.29, 0.717) is 10.4 Å². The first kappa shape index (κ1) is 14.3. The van der Waals surface area contributed by atoms with Crippen molar-refractivity contribution < 1.29 is 0 Å². The summed E-state index contributed by atoms with van der Waals surface area (Å²) in [5, 5.41) is 0. The molecule has 19 heavy (non-hydrogen) atoms. The zero-order valence-electron chi connectivity index (χ0n) is 12.4. The van der Waals surface area contributed by atoms with Gasteiger partial charge in [0.25, 0.3) is 0 Å². The Morgan fingerprint density at radius 1 is 1.37 bits per heavy atom. The van der Waals surface area contributed by atoms with Crippen molar-refractivity contribution in [3.63, 3.8) is 0 Å². The lowest BCUT2D eigenvalue weighted by atomic mass is 9.80. The third-order valence-electron chi connectivity index (χ3n) is 4.23. The van der Waals surface area contributed by atoms with Crippen LogP contribution in [0.4, 0.5) is 5.69 Å². The average molecular weight is 276 g/mol. The van der Waals surface area contributed by atoms with Crippen LogP contribution in [-0.2, 0) is 0 Å². The molecule has 104 valence electrons. The highest BCUT2D eigenvalue weighted by atomic mass is 32.1. The van der Waals surface area contributed by atoms with Crippen LogP contribution in [0, 0.1) is 18.3 Å². The van der Waals surface area contributed by atoms with Gasteiger partial charge in [-0.3, -0.25) is 0 Å². The van der Waals surface area contributed by atoms with Crippen molar-refractivity contribution in [3.05, 3.63) is 29.3 Å². The summed E-state index contributed by atoms with van der Waals surface area (Å²) in [5.41, 5.74) is 9.76. The summed E-state index contributed by atoms with van der Waals surface area (Å²) < 4.78 is 0. The predicted octanol–water partition coefficient (Wildman–Crippen LogP) is 3.50. The number of hydrogen-bond donors (Lipinski definition) is 1. The van der Waals surface area contributed by atoms with Gasteiger partial charge in [-0.15, -0.1) is 0 Å². The van der Waals surface area contributed by atoms with Crippen molar-refractivity contribution in [1.82, 2.24) is 0 Å². The van der Waals surface area contributed by atoms with Gasteiger partial charge in [0.1, 0.15) is 4.99 Å². The van der Waals surface area contributed by atoms with Gasteiger partial charge in [-0.25, -0.2) is 0 Å². The molecule has 2 nitrogen and oxygen atoms in total. The highest BCUT2D eigenvalue weighted by Gasteiger charge is 2.33. The molecule has 0 radical (unpaired) electrons. The lowest BCUT2D eigenvalue weighted by Gasteiger charge is -2.29. The molecule has 1 unspecified atom stereocenters. The van der Waals surface area contributed by atoms with Crippen LogP contribution in [-0.4, -0.2) is 18.1 Å². The van der Waals surface area contributed by atoms with Gasteiger partial charge >= 0.3 is 0 Å². The van der Waals surface area contributed by atoms with Crippen molar-refractivity contribution in [2.45, 2.75) is 34.1 Å². The SMILES string of the molecule is Cc1cccc(C(N)=S)c1N1CCC(C(C)(C)C)C1. The molecule has 1 atom stereocenters. The molecule has 1 aromatic carbocycles. The predicted molar refractivity (Wildman–Crippen MR) is 86.8 cm³/mol. The molecule has 0 saturated carbocycles. The monoisotopic (exact) mass is 276 g/mol. The van der Waals surface area contributed by atoms with Crippen LogP contribution in [0.2, 0.25) is 0 Å². The second-order valence-corrected chi connectivity index (χ2v) is 7.07. The number of anilines is 1. The van der Waals surface area contributed by atoms with E-state index in [1.54, 1.807) is 0 Å². The van der Waals surface area contributed by atoms with Gasteiger partial charge in [-0.1, -0.05) is 45.1 Å². The van der Waals surface area contributed by atoms with Crippen LogP contribution in [0.15, 0.2) is 18.2 Å². The number of para-hydroxylation sites is 1. The van der Waals surface area contributed by atoms with E-state index < -0.39 is 0 Å². The highest BCUT2D eigenvalue weighted by Crippen LogP contribution is 2.37. The molecule has 0 amide bonds. The van der Waals surface area contributed by atoms with Crippen LogP contribution < -0.4 is 10.6 Å². The van der Waals surface area contributed by atoms with Gasteiger partial charge in [0, 0.05) is 24.3 Å². The molecule has 0 bridgehead atoms. The maximum atomic E-state index is 5.88. The molecule has 0 aromatic heterocycles. The molecule has 1 aromatic rings. The lowest BCUT2D eigenvalue weighted by molar-refractivity contribution is 0.263. The van der Waals surface area contributed by atoms with E-state index in [4.69, 9.17) is 18.0 Å². The zero-order chi connectivity index (χ0) is 14.2. The summed E-state index contributed by atoms with van der Waals surface area (Å²) in [6, 6.07) is 6.21. The maximum absolute atomic E-state index is 5.88. The summed E-state index contributed by atoms with van der Waals surface area (Å²) in [6.45, 7) is 11.3. The molecule has 2 N–H and O–H groups in total. The number of rotatable bonds is 2. The number of benzene rings is 1. The summed E-state index contributed by atoms with van der Waals surface area (Å²) in [5.74, 6) is 0.728. The van der Waals surface area contributed by atoms with Crippen molar-refractivity contribution >= 4 is 22.9 Å². The summed E-state index contributed by atoms with van der Waals surface area (Å²) in [6.07, 6.45) is 1.24. The van der Waals surface area contributed by atoms with E-state index in [-0.39, 0.29) is 0 Å². The van der Waals surface area contributed by atoms with Crippen LogP contribution in [0.1, 0.15) is 38.3 Å². The van der Waals surface area contributed by atoms with E-state index in [1.165, 1.54) is 17.7 Å². The Labute approximate surface area is 122 Å². The molecule has 2 rings (SSSR count). The minimum Gasteiger partial charge on any atom is -0.389 e. The van der Waals surface area contributed by atoms with Crippen molar-refractivity contribution in [3.8, 4) is 0 Å². The Hall–Kier alpha value is -1.09. The number of hydrogen-bond acceptors (Lipinski definition) is 2. The molecule has 1 fully saturated rings. The van der Waals surface area contributed by atoms with E-state index in [9.17, 15) is 0 Å². The Bertz CT molecular complexity index is 488. The Kier molecular flexibility index (Phi) is 3.86. The molecular formula is C16H24N2S. The van der Waals surface area contributed by atoms with Gasteiger partial charge in [-0.2, -0.15) is 0 Å². The topological polar surface area (TPSA) is 29.3 Å². The van der Waals surface area contributed by atoms with Crippen LogP contribution >= 0.6 is 12.2 Å². The van der Waals surface area contributed by atoms with E-state index >= 15 is 0 Å². The largest absolute Gasteiger partial charge is 0.389 e. The molecule has 1 aliphatic rings. The molecular weight excluding hydrogens is 252 g/mol. The number of thiocarbonyl (C=S) groups is 1. The van der Waals surface area contributed by atoms with Crippen molar-refractivity contribution in [2.24, 2.45) is 17.1 Å². The van der Waals surface area contributed by atoms with E-state index in [2.05, 4.69) is 38.7 Å². The summed E-state index contributed by atoms with van der Waals surface area (Å²) in [4.78, 5) is 2.96.